The van der Waals surface area contributed by atoms with Gasteiger partial charge in [-0.15, -0.1) is 0 Å². The highest BCUT2D eigenvalue weighted by atomic mass is 16.2. The molecule has 1 aliphatic carbocycles. The van der Waals surface area contributed by atoms with Crippen LogP contribution in [0.15, 0.2) is 24.3 Å². The molecule has 0 heterocycles. The van der Waals surface area contributed by atoms with E-state index in [9.17, 15) is 4.79 Å². The Kier molecular flexibility index (Phi) is 4.80. The first-order valence-electron chi connectivity index (χ1n) is 7.04. The minimum Gasteiger partial charge on any atom is -0.335 e. The first kappa shape index (κ1) is 13.9. The van der Waals surface area contributed by atoms with Crippen molar-refractivity contribution in [2.75, 3.05) is 12.4 Å². The van der Waals surface area contributed by atoms with E-state index in [2.05, 4.69) is 22.9 Å². The number of carbonyl (C=O) groups excluding carboxylic acids is 1. The lowest BCUT2D eigenvalue weighted by Gasteiger charge is -2.18. The molecule has 1 unspecified atom stereocenters. The van der Waals surface area contributed by atoms with E-state index < -0.39 is 0 Å². The zero-order chi connectivity index (χ0) is 13.7. The van der Waals surface area contributed by atoms with Crippen LogP contribution >= 0.6 is 0 Å². The van der Waals surface area contributed by atoms with Gasteiger partial charge in [-0.2, -0.15) is 0 Å². The van der Waals surface area contributed by atoms with Gasteiger partial charge in [0.05, 0.1) is 0 Å². The number of para-hydroxylation sites is 1. The van der Waals surface area contributed by atoms with Gasteiger partial charge in [-0.05, 0) is 38.4 Å². The third kappa shape index (κ3) is 3.70. The van der Waals surface area contributed by atoms with E-state index in [0.717, 1.165) is 24.1 Å². The van der Waals surface area contributed by atoms with Crippen LogP contribution in [0.2, 0.25) is 0 Å². The third-order valence-corrected chi connectivity index (χ3v) is 3.80. The van der Waals surface area contributed by atoms with Crippen molar-refractivity contribution < 1.29 is 4.79 Å². The smallest absolute Gasteiger partial charge is 0.319 e. The maximum absolute atomic E-state index is 12.0. The van der Waals surface area contributed by atoms with E-state index in [4.69, 9.17) is 0 Å². The van der Waals surface area contributed by atoms with Gasteiger partial charge in [-0.25, -0.2) is 4.79 Å². The minimum absolute atomic E-state index is 0.0948. The highest BCUT2D eigenvalue weighted by molar-refractivity contribution is 5.90. The summed E-state index contributed by atoms with van der Waals surface area (Å²) >= 11 is 0. The summed E-state index contributed by atoms with van der Waals surface area (Å²) in [5, 5.41) is 9.20. The number of hydrogen-bond donors (Lipinski definition) is 3. The molecule has 1 aromatic carbocycles. The first-order chi connectivity index (χ1) is 9.20. The van der Waals surface area contributed by atoms with Gasteiger partial charge in [0, 0.05) is 17.8 Å². The van der Waals surface area contributed by atoms with Crippen molar-refractivity contribution in [2.24, 2.45) is 0 Å². The van der Waals surface area contributed by atoms with Crippen LogP contribution in [0.4, 0.5) is 10.5 Å². The Morgan fingerprint density at radius 2 is 1.95 bits per heavy atom. The number of nitrogens with one attached hydrogen (secondary N) is 3. The van der Waals surface area contributed by atoms with Crippen molar-refractivity contribution in [3.63, 3.8) is 0 Å². The van der Waals surface area contributed by atoms with Gasteiger partial charge in [0.25, 0.3) is 0 Å². The summed E-state index contributed by atoms with van der Waals surface area (Å²) in [6, 6.07) is 8.36. The van der Waals surface area contributed by atoms with Gasteiger partial charge in [0.15, 0.2) is 0 Å². The molecule has 1 aliphatic rings. The van der Waals surface area contributed by atoms with Crippen LogP contribution in [-0.2, 0) is 0 Å². The molecule has 1 fully saturated rings. The lowest BCUT2D eigenvalue weighted by molar-refractivity contribution is 0.248. The molecular formula is C15H23N3O. The number of anilines is 1. The molecule has 19 heavy (non-hydrogen) atoms. The number of amides is 2. The summed E-state index contributed by atoms with van der Waals surface area (Å²) in [7, 11) is 1.92. The zero-order valence-electron chi connectivity index (χ0n) is 11.7. The van der Waals surface area contributed by atoms with Crippen molar-refractivity contribution in [1.82, 2.24) is 10.6 Å². The maximum atomic E-state index is 12.0. The molecule has 4 heteroatoms. The predicted molar refractivity (Wildman–Crippen MR) is 78.3 cm³/mol. The molecule has 0 radical (unpaired) electrons. The molecule has 104 valence electrons. The molecular weight excluding hydrogens is 238 g/mol. The molecule has 2 rings (SSSR count). The third-order valence-electron chi connectivity index (χ3n) is 3.80. The van der Waals surface area contributed by atoms with Crippen LogP contribution < -0.4 is 16.0 Å². The zero-order valence-corrected chi connectivity index (χ0v) is 11.7. The Hall–Kier alpha value is -1.55. The molecule has 2 amide bonds. The Morgan fingerprint density at radius 1 is 1.26 bits per heavy atom. The summed E-state index contributed by atoms with van der Waals surface area (Å²) in [6.07, 6.45) is 4.64. The van der Waals surface area contributed by atoms with Crippen molar-refractivity contribution in [3.05, 3.63) is 29.8 Å². The molecule has 0 saturated heterocycles. The van der Waals surface area contributed by atoms with Gasteiger partial charge in [-0.3, -0.25) is 0 Å². The van der Waals surface area contributed by atoms with Crippen LogP contribution in [0.3, 0.4) is 0 Å². The second-order valence-corrected chi connectivity index (χ2v) is 5.18. The second kappa shape index (κ2) is 6.57. The molecule has 4 nitrogen and oxygen atoms in total. The number of hydrogen-bond acceptors (Lipinski definition) is 2. The van der Waals surface area contributed by atoms with Crippen LogP contribution in [0, 0.1) is 0 Å². The maximum Gasteiger partial charge on any atom is 0.319 e. The van der Waals surface area contributed by atoms with E-state index >= 15 is 0 Å². The van der Waals surface area contributed by atoms with Crippen LogP contribution in [-0.4, -0.2) is 19.1 Å². The van der Waals surface area contributed by atoms with Crippen LogP contribution in [0.5, 0.6) is 0 Å². The summed E-state index contributed by atoms with van der Waals surface area (Å²) in [6.45, 7) is 2.08. The number of urea groups is 1. The van der Waals surface area contributed by atoms with Gasteiger partial charge in [0.1, 0.15) is 0 Å². The van der Waals surface area contributed by atoms with Gasteiger partial charge in [0.2, 0.25) is 0 Å². The van der Waals surface area contributed by atoms with E-state index in [1.165, 1.54) is 12.8 Å². The van der Waals surface area contributed by atoms with Crippen LogP contribution in [0.1, 0.15) is 44.2 Å². The lowest BCUT2D eigenvalue weighted by Crippen LogP contribution is -2.36. The Morgan fingerprint density at radius 3 is 2.63 bits per heavy atom. The van der Waals surface area contributed by atoms with Crippen molar-refractivity contribution in [2.45, 2.75) is 44.7 Å². The highest BCUT2D eigenvalue weighted by Crippen LogP contribution is 2.22. The lowest BCUT2D eigenvalue weighted by atomic mass is 10.1. The van der Waals surface area contributed by atoms with Crippen molar-refractivity contribution >= 4 is 11.7 Å². The fraction of sp³-hybridized carbons (Fsp3) is 0.533. The summed E-state index contributed by atoms with van der Waals surface area (Å²) in [4.78, 5) is 12.0. The average molecular weight is 261 g/mol. The molecule has 1 saturated carbocycles. The standard InChI is InChI=1S/C15H23N3O/c1-11(16-2)13-9-5-6-10-14(13)18-15(19)17-12-7-3-4-8-12/h5-6,9-12,16H,3-4,7-8H2,1-2H3,(H2,17,18,19). The summed E-state index contributed by atoms with van der Waals surface area (Å²) in [5.41, 5.74) is 1.98. The molecule has 0 spiro atoms. The summed E-state index contributed by atoms with van der Waals surface area (Å²) in [5.74, 6) is 0. The van der Waals surface area contributed by atoms with E-state index in [-0.39, 0.29) is 12.1 Å². The number of rotatable bonds is 4. The topological polar surface area (TPSA) is 53.2 Å². The molecule has 0 aliphatic heterocycles. The fourth-order valence-electron chi connectivity index (χ4n) is 2.56. The normalized spacial score (nSPS) is 17.2. The van der Waals surface area contributed by atoms with Gasteiger partial charge < -0.3 is 16.0 Å². The van der Waals surface area contributed by atoms with E-state index in [0.29, 0.717) is 6.04 Å². The van der Waals surface area contributed by atoms with Crippen molar-refractivity contribution in [3.8, 4) is 0 Å². The fourth-order valence-corrected chi connectivity index (χ4v) is 2.56. The molecule has 0 aromatic heterocycles. The largest absolute Gasteiger partial charge is 0.335 e. The Balaban J connectivity index is 1.99. The van der Waals surface area contributed by atoms with Gasteiger partial charge >= 0.3 is 6.03 Å². The van der Waals surface area contributed by atoms with Crippen LogP contribution in [0.25, 0.3) is 0 Å². The SMILES string of the molecule is CNC(C)c1ccccc1NC(=O)NC1CCCC1. The highest BCUT2D eigenvalue weighted by Gasteiger charge is 2.18. The Bertz CT molecular complexity index is 427. The van der Waals surface area contributed by atoms with Gasteiger partial charge in [-0.1, -0.05) is 31.0 Å². The second-order valence-electron chi connectivity index (χ2n) is 5.18. The Labute approximate surface area is 115 Å². The minimum atomic E-state index is -0.0948. The predicted octanol–water partition coefficient (Wildman–Crippen LogP) is 3.03. The van der Waals surface area contributed by atoms with E-state index in [1.807, 2.05) is 31.3 Å². The molecule has 1 aromatic rings. The number of carbonyl (C=O) groups is 1. The van der Waals surface area contributed by atoms with Crippen molar-refractivity contribution in [1.29, 1.82) is 0 Å². The molecule has 3 N–H and O–H groups in total. The summed E-state index contributed by atoms with van der Waals surface area (Å²) < 4.78 is 0. The molecule has 0 bridgehead atoms. The molecule has 1 atom stereocenters. The monoisotopic (exact) mass is 261 g/mol. The quantitative estimate of drug-likeness (QED) is 0.780. The average Bonchev–Trinajstić information content (AvgIpc) is 2.91. The first-order valence-corrected chi connectivity index (χ1v) is 7.04. The number of benzene rings is 1. The van der Waals surface area contributed by atoms with E-state index in [1.54, 1.807) is 0 Å².